The lowest BCUT2D eigenvalue weighted by atomic mass is 10.2. The number of fused-ring (bicyclic) bond motifs is 1. The molecule has 17 heavy (non-hydrogen) atoms. The van der Waals surface area contributed by atoms with Crippen LogP contribution in [0.2, 0.25) is 0 Å². The van der Waals surface area contributed by atoms with Crippen molar-refractivity contribution < 1.29 is 14.3 Å². The molecule has 0 N–H and O–H groups in total. The molecule has 2 aromatic rings. The molecule has 0 aliphatic heterocycles. The summed E-state index contributed by atoms with van der Waals surface area (Å²) in [5, 5.41) is 1.67. The minimum atomic E-state index is -1.04. The van der Waals surface area contributed by atoms with E-state index < -0.39 is 17.3 Å². The molecule has 6 nitrogen and oxygen atoms in total. The fourth-order valence-corrected chi connectivity index (χ4v) is 1.96. The summed E-state index contributed by atoms with van der Waals surface area (Å²) < 4.78 is 5.76. The van der Waals surface area contributed by atoms with Crippen LogP contribution in [0.15, 0.2) is 22.6 Å². The van der Waals surface area contributed by atoms with E-state index in [9.17, 15) is 14.4 Å². The Balaban J connectivity index is 2.49. The number of rotatable bonds is 3. The minimum Gasteiger partial charge on any atom is -0.460 e. The van der Waals surface area contributed by atoms with Crippen molar-refractivity contribution in [2.75, 3.05) is 6.61 Å². The Morgan fingerprint density at radius 2 is 2.29 bits per heavy atom. The summed E-state index contributed by atoms with van der Waals surface area (Å²) in [7, 11) is 0. The first-order valence-electron chi connectivity index (χ1n) is 4.81. The SMILES string of the molecule is CCOC(=O)C(=O)c1cnc2sccn2c1=O. The number of Topliss-reactive ketones (excluding diaryl/α,β-unsaturated/α-hetero) is 1. The zero-order chi connectivity index (χ0) is 12.4. The summed E-state index contributed by atoms with van der Waals surface area (Å²) in [6.07, 6.45) is 2.60. The van der Waals surface area contributed by atoms with E-state index in [0.29, 0.717) is 4.96 Å². The molecule has 0 fully saturated rings. The Morgan fingerprint density at radius 3 is 3.00 bits per heavy atom. The first kappa shape index (κ1) is 11.5. The number of hydrogen-bond acceptors (Lipinski definition) is 6. The third-order valence-electron chi connectivity index (χ3n) is 2.05. The normalized spacial score (nSPS) is 10.4. The Hall–Kier alpha value is -2.02. The summed E-state index contributed by atoms with van der Waals surface area (Å²) in [5.74, 6) is -2.01. The number of ketones is 1. The second-order valence-corrected chi connectivity index (χ2v) is 3.96. The number of nitrogens with zero attached hydrogens (tertiary/aromatic N) is 2. The fourth-order valence-electron chi connectivity index (χ4n) is 1.29. The van der Waals surface area contributed by atoms with Crippen molar-refractivity contribution in [3.05, 3.63) is 33.7 Å². The first-order valence-corrected chi connectivity index (χ1v) is 5.69. The second-order valence-electron chi connectivity index (χ2n) is 3.08. The van der Waals surface area contributed by atoms with Gasteiger partial charge in [0.05, 0.1) is 6.61 Å². The van der Waals surface area contributed by atoms with E-state index >= 15 is 0 Å². The monoisotopic (exact) mass is 252 g/mol. The van der Waals surface area contributed by atoms with Crippen molar-refractivity contribution in [2.24, 2.45) is 0 Å². The largest absolute Gasteiger partial charge is 0.460 e. The van der Waals surface area contributed by atoms with Crippen molar-refractivity contribution in [2.45, 2.75) is 6.92 Å². The number of aromatic nitrogens is 2. The van der Waals surface area contributed by atoms with E-state index in [2.05, 4.69) is 9.72 Å². The molecule has 0 amide bonds. The molecule has 0 unspecified atom stereocenters. The van der Waals surface area contributed by atoms with Gasteiger partial charge in [-0.25, -0.2) is 9.78 Å². The lowest BCUT2D eigenvalue weighted by Gasteiger charge is -2.00. The Morgan fingerprint density at radius 1 is 1.53 bits per heavy atom. The van der Waals surface area contributed by atoms with Crippen LogP contribution in [0.4, 0.5) is 0 Å². The van der Waals surface area contributed by atoms with Crippen molar-refractivity contribution in [1.82, 2.24) is 9.38 Å². The van der Waals surface area contributed by atoms with Crippen LogP contribution in [-0.2, 0) is 9.53 Å². The topological polar surface area (TPSA) is 77.7 Å². The molecular formula is C10H8N2O4S. The number of carbonyl (C=O) groups is 2. The molecule has 0 bridgehead atoms. The van der Waals surface area contributed by atoms with Gasteiger partial charge in [0, 0.05) is 17.8 Å². The van der Waals surface area contributed by atoms with E-state index in [1.165, 1.54) is 21.9 Å². The molecule has 0 aromatic carbocycles. The van der Waals surface area contributed by atoms with E-state index in [1.807, 2.05) is 0 Å². The highest BCUT2D eigenvalue weighted by molar-refractivity contribution is 7.15. The van der Waals surface area contributed by atoms with Gasteiger partial charge in [0.2, 0.25) is 0 Å². The Labute approximate surface area is 99.5 Å². The molecule has 2 aromatic heterocycles. The number of thiazole rings is 1. The molecule has 0 saturated carbocycles. The summed E-state index contributed by atoms with van der Waals surface area (Å²) in [5.41, 5.74) is -0.839. The number of esters is 1. The van der Waals surface area contributed by atoms with E-state index in [0.717, 1.165) is 6.20 Å². The Kier molecular flexibility index (Phi) is 3.01. The van der Waals surface area contributed by atoms with Crippen LogP contribution in [0.1, 0.15) is 17.3 Å². The third-order valence-corrected chi connectivity index (χ3v) is 2.82. The zero-order valence-electron chi connectivity index (χ0n) is 8.87. The standard InChI is InChI=1S/C10H8N2O4S/c1-2-16-9(15)7(13)6-5-11-10-12(8(6)14)3-4-17-10/h3-5H,2H2,1H3. The van der Waals surface area contributed by atoms with Gasteiger partial charge < -0.3 is 4.74 Å². The van der Waals surface area contributed by atoms with Crippen molar-refractivity contribution in [1.29, 1.82) is 0 Å². The predicted molar refractivity (Wildman–Crippen MR) is 60.3 cm³/mol. The molecule has 88 valence electrons. The van der Waals surface area contributed by atoms with Crippen molar-refractivity contribution in [3.63, 3.8) is 0 Å². The van der Waals surface area contributed by atoms with Crippen LogP contribution in [0.5, 0.6) is 0 Å². The van der Waals surface area contributed by atoms with Crippen LogP contribution in [0.3, 0.4) is 0 Å². The van der Waals surface area contributed by atoms with Gasteiger partial charge in [0.25, 0.3) is 11.3 Å². The summed E-state index contributed by atoms with van der Waals surface area (Å²) in [6.45, 7) is 1.67. The second kappa shape index (κ2) is 4.46. The summed E-state index contributed by atoms with van der Waals surface area (Å²) in [4.78, 5) is 39.0. The predicted octanol–water partition coefficient (Wildman–Crippen LogP) is 0.502. The van der Waals surface area contributed by atoms with Gasteiger partial charge in [-0.2, -0.15) is 0 Å². The van der Waals surface area contributed by atoms with Crippen LogP contribution >= 0.6 is 11.3 Å². The summed E-state index contributed by atoms with van der Waals surface area (Å²) >= 11 is 1.26. The van der Waals surface area contributed by atoms with Crippen molar-refractivity contribution >= 4 is 28.1 Å². The summed E-state index contributed by atoms with van der Waals surface area (Å²) in [6, 6.07) is 0. The minimum absolute atomic E-state index is 0.0834. The Bertz CT molecular complexity index is 643. The molecule has 7 heteroatoms. The molecule has 0 aliphatic carbocycles. The molecular weight excluding hydrogens is 244 g/mol. The number of ether oxygens (including phenoxy) is 1. The molecule has 0 spiro atoms. The molecule has 0 aliphatic rings. The number of hydrogen-bond donors (Lipinski definition) is 0. The molecule has 2 rings (SSSR count). The molecule has 2 heterocycles. The third kappa shape index (κ3) is 1.96. The highest BCUT2D eigenvalue weighted by Crippen LogP contribution is 2.06. The van der Waals surface area contributed by atoms with Gasteiger partial charge in [-0.15, -0.1) is 11.3 Å². The van der Waals surface area contributed by atoms with E-state index in [-0.39, 0.29) is 12.2 Å². The van der Waals surface area contributed by atoms with Gasteiger partial charge in [-0.1, -0.05) is 0 Å². The lowest BCUT2D eigenvalue weighted by Crippen LogP contribution is -2.27. The maximum absolute atomic E-state index is 11.8. The van der Waals surface area contributed by atoms with Gasteiger partial charge in [0.15, 0.2) is 4.96 Å². The highest BCUT2D eigenvalue weighted by atomic mass is 32.1. The maximum atomic E-state index is 11.8. The van der Waals surface area contributed by atoms with Crippen LogP contribution in [0, 0.1) is 0 Å². The van der Waals surface area contributed by atoms with Gasteiger partial charge in [-0.3, -0.25) is 14.0 Å². The van der Waals surface area contributed by atoms with E-state index in [1.54, 1.807) is 12.3 Å². The van der Waals surface area contributed by atoms with Gasteiger partial charge in [0.1, 0.15) is 5.56 Å². The highest BCUT2D eigenvalue weighted by Gasteiger charge is 2.22. The van der Waals surface area contributed by atoms with Crippen LogP contribution in [0.25, 0.3) is 4.96 Å². The zero-order valence-corrected chi connectivity index (χ0v) is 9.69. The number of carbonyl (C=O) groups excluding carboxylic acids is 2. The quantitative estimate of drug-likeness (QED) is 0.451. The molecule has 0 saturated heterocycles. The van der Waals surface area contributed by atoms with Gasteiger partial charge in [-0.05, 0) is 6.92 Å². The van der Waals surface area contributed by atoms with Crippen LogP contribution in [-0.4, -0.2) is 27.7 Å². The van der Waals surface area contributed by atoms with Gasteiger partial charge >= 0.3 is 5.97 Å². The first-order chi connectivity index (χ1) is 8.15. The van der Waals surface area contributed by atoms with Crippen LogP contribution < -0.4 is 5.56 Å². The average molecular weight is 252 g/mol. The molecule has 0 radical (unpaired) electrons. The maximum Gasteiger partial charge on any atom is 0.379 e. The lowest BCUT2D eigenvalue weighted by molar-refractivity contribution is -0.137. The van der Waals surface area contributed by atoms with E-state index in [4.69, 9.17) is 0 Å². The smallest absolute Gasteiger partial charge is 0.379 e. The fraction of sp³-hybridized carbons (Fsp3) is 0.200. The molecule has 0 atom stereocenters. The average Bonchev–Trinajstić information content (AvgIpc) is 2.78. The van der Waals surface area contributed by atoms with Crippen molar-refractivity contribution in [3.8, 4) is 0 Å².